The maximum absolute atomic E-state index is 6.12. The van der Waals surface area contributed by atoms with E-state index in [4.69, 9.17) is 5.73 Å². The molecule has 1 nitrogen and oxygen atoms in total. The molecule has 1 heteroatoms. The summed E-state index contributed by atoms with van der Waals surface area (Å²) in [5.41, 5.74) is 6.35. The summed E-state index contributed by atoms with van der Waals surface area (Å²) in [4.78, 5) is 0. The van der Waals surface area contributed by atoms with Crippen molar-refractivity contribution < 1.29 is 0 Å². The Bertz CT molecular complexity index is 133. The van der Waals surface area contributed by atoms with Gasteiger partial charge in [0.1, 0.15) is 0 Å². The van der Waals surface area contributed by atoms with Crippen LogP contribution in [0.1, 0.15) is 46.5 Å². The van der Waals surface area contributed by atoms with Crippen molar-refractivity contribution in [1.29, 1.82) is 0 Å². The molecule has 0 radical (unpaired) electrons. The van der Waals surface area contributed by atoms with Crippen molar-refractivity contribution in [3.8, 4) is 0 Å². The van der Waals surface area contributed by atoms with Crippen molar-refractivity contribution in [2.75, 3.05) is 0 Å². The van der Waals surface area contributed by atoms with Crippen LogP contribution in [0.5, 0.6) is 0 Å². The van der Waals surface area contributed by atoms with Gasteiger partial charge >= 0.3 is 0 Å². The smallest absolute Gasteiger partial charge is 0.0186 e. The number of nitrogens with two attached hydrogens (primary N) is 1. The second kappa shape index (κ2) is 3.14. The van der Waals surface area contributed by atoms with Crippen LogP contribution in [0, 0.1) is 11.8 Å². The van der Waals surface area contributed by atoms with Crippen LogP contribution in [0.2, 0.25) is 0 Å². The maximum Gasteiger partial charge on any atom is 0.0186 e. The highest BCUT2D eigenvalue weighted by Gasteiger charge is 2.51. The van der Waals surface area contributed by atoms with Gasteiger partial charge in [-0.3, -0.25) is 0 Å². The van der Waals surface area contributed by atoms with Gasteiger partial charge < -0.3 is 5.73 Å². The molecule has 1 fully saturated rings. The Balaban J connectivity index is 2.30. The van der Waals surface area contributed by atoms with E-state index in [1.165, 1.54) is 19.3 Å². The van der Waals surface area contributed by atoms with Gasteiger partial charge in [-0.2, -0.15) is 0 Å². The molecule has 0 aromatic carbocycles. The summed E-state index contributed by atoms with van der Waals surface area (Å²) in [5.74, 6) is 1.68. The first kappa shape index (κ1) is 9.05. The molecule has 1 saturated carbocycles. The van der Waals surface area contributed by atoms with Crippen LogP contribution in [-0.4, -0.2) is 5.54 Å². The third-order valence-electron chi connectivity index (χ3n) is 3.27. The van der Waals surface area contributed by atoms with E-state index in [2.05, 4.69) is 20.8 Å². The average molecular weight is 155 g/mol. The zero-order valence-corrected chi connectivity index (χ0v) is 8.06. The molecule has 0 amide bonds. The van der Waals surface area contributed by atoms with Crippen LogP contribution in [0.3, 0.4) is 0 Å². The first-order chi connectivity index (χ1) is 5.14. The molecular formula is C10H21N. The Hall–Kier alpha value is -0.0400. The monoisotopic (exact) mass is 155 g/mol. The zero-order chi connectivity index (χ0) is 8.48. The third kappa shape index (κ3) is 1.76. The standard InChI is InChI=1S/C10H21N/c1-4-6-8(3)9-7-10(9,11)5-2/h8-9H,4-7,11H2,1-3H3/t8?,9?,10-/m0/s1. The predicted molar refractivity (Wildman–Crippen MR) is 49.4 cm³/mol. The van der Waals surface area contributed by atoms with Gasteiger partial charge in [0.25, 0.3) is 0 Å². The van der Waals surface area contributed by atoms with Gasteiger partial charge in [-0.25, -0.2) is 0 Å². The molecule has 0 aromatic rings. The lowest BCUT2D eigenvalue weighted by Gasteiger charge is -2.13. The second-order valence-corrected chi connectivity index (χ2v) is 4.16. The molecular weight excluding hydrogens is 134 g/mol. The SMILES string of the molecule is CCCC(C)C1C[C@@]1(N)CC. The summed E-state index contributed by atoms with van der Waals surface area (Å²) in [6.45, 7) is 6.81. The Morgan fingerprint density at radius 1 is 1.55 bits per heavy atom. The number of hydrogen-bond acceptors (Lipinski definition) is 1. The molecule has 2 unspecified atom stereocenters. The van der Waals surface area contributed by atoms with Crippen molar-refractivity contribution in [3.63, 3.8) is 0 Å². The highest BCUT2D eigenvalue weighted by Crippen LogP contribution is 2.49. The third-order valence-corrected chi connectivity index (χ3v) is 3.27. The van der Waals surface area contributed by atoms with E-state index in [1.807, 2.05) is 0 Å². The molecule has 0 bridgehead atoms. The van der Waals surface area contributed by atoms with Gasteiger partial charge in [0.2, 0.25) is 0 Å². The van der Waals surface area contributed by atoms with E-state index >= 15 is 0 Å². The summed E-state index contributed by atoms with van der Waals surface area (Å²) in [6.07, 6.45) is 5.08. The number of rotatable bonds is 4. The molecule has 1 aliphatic carbocycles. The Morgan fingerprint density at radius 2 is 2.18 bits per heavy atom. The molecule has 1 aliphatic rings. The van der Waals surface area contributed by atoms with Crippen molar-refractivity contribution in [3.05, 3.63) is 0 Å². The van der Waals surface area contributed by atoms with Crippen molar-refractivity contribution in [2.45, 2.75) is 52.0 Å². The lowest BCUT2D eigenvalue weighted by Crippen LogP contribution is -2.25. The highest BCUT2D eigenvalue weighted by atomic mass is 14.9. The summed E-state index contributed by atoms with van der Waals surface area (Å²) >= 11 is 0. The topological polar surface area (TPSA) is 26.0 Å². The van der Waals surface area contributed by atoms with E-state index in [1.54, 1.807) is 0 Å². The molecule has 0 saturated heterocycles. The minimum atomic E-state index is 0.231. The van der Waals surface area contributed by atoms with Crippen LogP contribution in [0.15, 0.2) is 0 Å². The first-order valence-electron chi connectivity index (χ1n) is 4.93. The largest absolute Gasteiger partial charge is 0.325 e. The van der Waals surface area contributed by atoms with Crippen LogP contribution in [-0.2, 0) is 0 Å². The van der Waals surface area contributed by atoms with E-state index in [9.17, 15) is 0 Å². The fourth-order valence-electron chi connectivity index (χ4n) is 2.18. The minimum Gasteiger partial charge on any atom is -0.325 e. The zero-order valence-electron chi connectivity index (χ0n) is 8.06. The van der Waals surface area contributed by atoms with Crippen LogP contribution in [0.4, 0.5) is 0 Å². The van der Waals surface area contributed by atoms with Gasteiger partial charge in [-0.1, -0.05) is 33.6 Å². The molecule has 3 atom stereocenters. The lowest BCUT2D eigenvalue weighted by atomic mass is 9.96. The Kier molecular flexibility index (Phi) is 2.58. The van der Waals surface area contributed by atoms with E-state index < -0.39 is 0 Å². The van der Waals surface area contributed by atoms with Gasteiger partial charge in [-0.15, -0.1) is 0 Å². The maximum atomic E-state index is 6.12. The summed E-state index contributed by atoms with van der Waals surface area (Å²) in [7, 11) is 0. The van der Waals surface area contributed by atoms with Gasteiger partial charge in [0, 0.05) is 5.54 Å². The van der Waals surface area contributed by atoms with Gasteiger partial charge in [0.15, 0.2) is 0 Å². The minimum absolute atomic E-state index is 0.231. The van der Waals surface area contributed by atoms with Gasteiger partial charge in [-0.05, 0) is 24.7 Å². The Morgan fingerprint density at radius 3 is 2.55 bits per heavy atom. The van der Waals surface area contributed by atoms with Gasteiger partial charge in [0.05, 0.1) is 0 Å². The Labute approximate surface area is 70.4 Å². The predicted octanol–water partition coefficient (Wildman–Crippen LogP) is 2.55. The summed E-state index contributed by atoms with van der Waals surface area (Å²) in [5, 5.41) is 0. The molecule has 0 aromatic heterocycles. The highest BCUT2D eigenvalue weighted by molar-refractivity contribution is 5.08. The van der Waals surface area contributed by atoms with E-state index in [0.717, 1.165) is 18.3 Å². The normalized spacial score (nSPS) is 38.7. The van der Waals surface area contributed by atoms with Crippen molar-refractivity contribution in [1.82, 2.24) is 0 Å². The molecule has 11 heavy (non-hydrogen) atoms. The molecule has 66 valence electrons. The summed E-state index contributed by atoms with van der Waals surface area (Å²) < 4.78 is 0. The molecule has 1 rings (SSSR count). The number of hydrogen-bond donors (Lipinski definition) is 1. The molecule has 0 aliphatic heterocycles. The van der Waals surface area contributed by atoms with E-state index in [0.29, 0.717) is 0 Å². The second-order valence-electron chi connectivity index (χ2n) is 4.16. The molecule has 2 N–H and O–H groups in total. The quantitative estimate of drug-likeness (QED) is 0.663. The van der Waals surface area contributed by atoms with Crippen molar-refractivity contribution in [2.24, 2.45) is 17.6 Å². The molecule has 0 heterocycles. The fourth-order valence-corrected chi connectivity index (χ4v) is 2.18. The first-order valence-corrected chi connectivity index (χ1v) is 4.93. The van der Waals surface area contributed by atoms with Crippen LogP contribution in [0.25, 0.3) is 0 Å². The van der Waals surface area contributed by atoms with Crippen LogP contribution >= 0.6 is 0 Å². The lowest BCUT2D eigenvalue weighted by molar-refractivity contribution is 0.410. The average Bonchev–Trinajstić information content (AvgIpc) is 2.65. The summed E-state index contributed by atoms with van der Waals surface area (Å²) in [6, 6.07) is 0. The van der Waals surface area contributed by atoms with Crippen molar-refractivity contribution >= 4 is 0 Å². The fraction of sp³-hybridized carbons (Fsp3) is 1.00. The van der Waals surface area contributed by atoms with Crippen LogP contribution < -0.4 is 5.73 Å². The molecule has 0 spiro atoms. The van der Waals surface area contributed by atoms with E-state index in [-0.39, 0.29) is 5.54 Å².